The van der Waals surface area contributed by atoms with Gasteiger partial charge in [0.1, 0.15) is 6.33 Å². The van der Waals surface area contributed by atoms with Crippen LogP contribution < -0.4 is 5.32 Å². The van der Waals surface area contributed by atoms with Crippen molar-refractivity contribution in [3.8, 4) is 0 Å². The largest absolute Gasteiger partial charge is 0.464 e. The average molecular weight is 254 g/mol. The molecule has 2 heterocycles. The fourth-order valence-corrected chi connectivity index (χ4v) is 1.57. The van der Waals surface area contributed by atoms with Crippen LogP contribution in [0.5, 0.6) is 0 Å². The maximum Gasteiger partial charge on any atom is 0.369 e. The van der Waals surface area contributed by atoms with Crippen molar-refractivity contribution in [2.45, 2.75) is 0 Å². The van der Waals surface area contributed by atoms with Gasteiger partial charge in [-0.05, 0) is 0 Å². The second-order valence-corrected chi connectivity index (χ2v) is 3.67. The minimum absolute atomic E-state index is 0.0415. The zero-order valence-corrected chi connectivity index (χ0v) is 9.32. The highest BCUT2D eigenvalue weighted by Gasteiger charge is 2.16. The summed E-state index contributed by atoms with van der Waals surface area (Å²) in [5, 5.41) is 15.7. The van der Waals surface area contributed by atoms with Gasteiger partial charge in [-0.1, -0.05) is 11.3 Å². The van der Waals surface area contributed by atoms with Gasteiger partial charge in [-0.15, -0.1) is 10.2 Å². The fourth-order valence-electron chi connectivity index (χ4n) is 0.915. The topological polar surface area (TPSA) is 123 Å². The van der Waals surface area contributed by atoms with Crippen LogP contribution in [0.1, 0.15) is 20.4 Å². The lowest BCUT2D eigenvalue weighted by molar-refractivity contribution is 0.0599. The summed E-state index contributed by atoms with van der Waals surface area (Å²) in [5.41, 5.74) is 0. The maximum atomic E-state index is 11.5. The van der Waals surface area contributed by atoms with Crippen LogP contribution in [-0.2, 0) is 4.74 Å². The van der Waals surface area contributed by atoms with Crippen LogP contribution in [0.3, 0.4) is 0 Å². The van der Waals surface area contributed by atoms with Crippen molar-refractivity contribution in [3.05, 3.63) is 17.2 Å². The van der Waals surface area contributed by atoms with E-state index in [4.69, 9.17) is 0 Å². The predicted molar refractivity (Wildman–Crippen MR) is 55.6 cm³/mol. The third-order valence-corrected chi connectivity index (χ3v) is 2.45. The zero-order valence-electron chi connectivity index (χ0n) is 8.50. The number of hydrogen-bond acceptors (Lipinski definition) is 8. The lowest BCUT2D eigenvalue weighted by Gasteiger charge is -1.94. The van der Waals surface area contributed by atoms with E-state index >= 15 is 0 Å². The Bertz CT molecular complexity index is 536. The van der Waals surface area contributed by atoms with Crippen LogP contribution in [0.15, 0.2) is 6.33 Å². The van der Waals surface area contributed by atoms with Gasteiger partial charge in [-0.3, -0.25) is 15.2 Å². The van der Waals surface area contributed by atoms with E-state index in [0.717, 1.165) is 11.3 Å². The summed E-state index contributed by atoms with van der Waals surface area (Å²) in [7, 11) is 1.23. The number of amides is 1. The maximum absolute atomic E-state index is 11.5. The van der Waals surface area contributed by atoms with E-state index in [2.05, 4.69) is 35.4 Å². The van der Waals surface area contributed by atoms with Gasteiger partial charge in [0.15, 0.2) is 0 Å². The standard InChI is InChI=1S/C7H6N6O3S/c1-16-6(15)5-12-13-7(17-5)10-4(14)3-8-2-9-11-3/h2H,1H3,(H,8,9,11)(H,10,13,14). The van der Waals surface area contributed by atoms with Gasteiger partial charge in [0.05, 0.1) is 7.11 Å². The van der Waals surface area contributed by atoms with Gasteiger partial charge in [0, 0.05) is 0 Å². The molecular weight excluding hydrogens is 248 g/mol. The minimum atomic E-state index is -0.609. The summed E-state index contributed by atoms with van der Waals surface area (Å²) < 4.78 is 4.45. The molecule has 0 radical (unpaired) electrons. The Balaban J connectivity index is 2.07. The molecule has 9 nitrogen and oxygen atoms in total. The van der Waals surface area contributed by atoms with Crippen LogP contribution in [-0.4, -0.2) is 44.4 Å². The van der Waals surface area contributed by atoms with Crippen molar-refractivity contribution >= 4 is 28.3 Å². The lowest BCUT2D eigenvalue weighted by Crippen LogP contribution is -2.13. The quantitative estimate of drug-likeness (QED) is 0.720. The Morgan fingerprint density at radius 1 is 1.47 bits per heavy atom. The molecule has 88 valence electrons. The summed E-state index contributed by atoms with van der Waals surface area (Å²) in [6.07, 6.45) is 1.20. The summed E-state index contributed by atoms with van der Waals surface area (Å²) in [5.74, 6) is -1.09. The van der Waals surface area contributed by atoms with Crippen LogP contribution in [0.2, 0.25) is 0 Å². The number of aromatic nitrogens is 5. The molecule has 0 unspecified atom stereocenters. The first-order valence-corrected chi connectivity index (χ1v) is 5.11. The number of esters is 1. The Hall–Kier alpha value is -2.36. The van der Waals surface area contributed by atoms with Crippen LogP contribution in [0.4, 0.5) is 5.13 Å². The van der Waals surface area contributed by atoms with E-state index in [0.29, 0.717) is 0 Å². The summed E-state index contributed by atoms with van der Waals surface area (Å²) >= 11 is 0.900. The van der Waals surface area contributed by atoms with Gasteiger partial charge in [0.2, 0.25) is 16.0 Å². The highest BCUT2D eigenvalue weighted by Crippen LogP contribution is 2.16. The smallest absolute Gasteiger partial charge is 0.369 e. The first-order chi connectivity index (χ1) is 8.20. The predicted octanol–water partition coefficient (Wildman–Crippen LogP) is -0.305. The van der Waals surface area contributed by atoms with E-state index in [9.17, 15) is 9.59 Å². The van der Waals surface area contributed by atoms with Gasteiger partial charge in [0.25, 0.3) is 5.91 Å². The Kier molecular flexibility index (Phi) is 3.05. The first kappa shape index (κ1) is 11.1. The molecule has 10 heteroatoms. The third-order valence-electron chi connectivity index (χ3n) is 1.64. The molecular formula is C7H6N6O3S. The summed E-state index contributed by atoms with van der Waals surface area (Å²) in [6.45, 7) is 0. The first-order valence-electron chi connectivity index (χ1n) is 4.29. The molecule has 2 aromatic rings. The number of nitrogens with zero attached hydrogens (tertiary/aromatic N) is 4. The Morgan fingerprint density at radius 3 is 2.94 bits per heavy atom. The molecule has 0 aliphatic rings. The van der Waals surface area contributed by atoms with Gasteiger partial charge >= 0.3 is 5.97 Å². The van der Waals surface area contributed by atoms with E-state index in [1.165, 1.54) is 13.4 Å². The molecule has 1 amide bonds. The summed E-state index contributed by atoms with van der Waals surface area (Å²) in [4.78, 5) is 26.2. The number of carbonyl (C=O) groups is 2. The van der Waals surface area contributed by atoms with Crippen LogP contribution in [0.25, 0.3) is 0 Å². The second-order valence-electron chi connectivity index (χ2n) is 2.69. The van der Waals surface area contributed by atoms with Crippen molar-refractivity contribution in [2.24, 2.45) is 0 Å². The van der Waals surface area contributed by atoms with Crippen molar-refractivity contribution < 1.29 is 14.3 Å². The Labute approximate surface area is 98.2 Å². The van der Waals surface area contributed by atoms with E-state index in [-0.39, 0.29) is 16.0 Å². The lowest BCUT2D eigenvalue weighted by atomic mass is 10.6. The van der Waals surface area contributed by atoms with Gasteiger partial charge in [-0.25, -0.2) is 9.78 Å². The van der Waals surface area contributed by atoms with Crippen molar-refractivity contribution in [3.63, 3.8) is 0 Å². The van der Waals surface area contributed by atoms with Crippen molar-refractivity contribution in [1.82, 2.24) is 25.4 Å². The highest BCUT2D eigenvalue weighted by atomic mass is 32.1. The zero-order chi connectivity index (χ0) is 12.3. The van der Waals surface area contributed by atoms with Gasteiger partial charge < -0.3 is 4.74 Å². The Morgan fingerprint density at radius 2 is 2.29 bits per heavy atom. The molecule has 2 N–H and O–H groups in total. The molecule has 0 atom stereocenters. The number of hydrogen-bond donors (Lipinski definition) is 2. The molecule has 0 aliphatic carbocycles. The molecule has 0 aromatic carbocycles. The van der Waals surface area contributed by atoms with Gasteiger partial charge in [-0.2, -0.15) is 5.10 Å². The number of anilines is 1. The molecule has 0 fully saturated rings. The fraction of sp³-hybridized carbons (Fsp3) is 0.143. The molecule has 0 aliphatic heterocycles. The van der Waals surface area contributed by atoms with Crippen molar-refractivity contribution in [1.29, 1.82) is 0 Å². The summed E-state index contributed by atoms with van der Waals surface area (Å²) in [6, 6.07) is 0. The number of carbonyl (C=O) groups excluding carboxylic acids is 2. The number of nitrogens with one attached hydrogen (secondary N) is 2. The molecule has 0 spiro atoms. The number of H-pyrrole nitrogens is 1. The molecule has 0 saturated carbocycles. The molecule has 2 rings (SSSR count). The molecule has 2 aromatic heterocycles. The van der Waals surface area contributed by atoms with E-state index < -0.39 is 11.9 Å². The van der Waals surface area contributed by atoms with E-state index in [1.54, 1.807) is 0 Å². The van der Waals surface area contributed by atoms with E-state index in [1.807, 2.05) is 0 Å². The normalized spacial score (nSPS) is 9.94. The molecule has 0 saturated heterocycles. The monoisotopic (exact) mass is 254 g/mol. The number of methoxy groups -OCH3 is 1. The number of ether oxygens (including phenoxy) is 1. The minimum Gasteiger partial charge on any atom is -0.464 e. The average Bonchev–Trinajstić information content (AvgIpc) is 2.98. The highest BCUT2D eigenvalue weighted by molar-refractivity contribution is 7.17. The van der Waals surface area contributed by atoms with Crippen LogP contribution >= 0.6 is 11.3 Å². The number of aromatic amines is 1. The second kappa shape index (κ2) is 4.65. The molecule has 0 bridgehead atoms. The SMILES string of the molecule is COC(=O)c1nnc(NC(=O)c2ncn[nH]2)s1. The van der Waals surface area contributed by atoms with Crippen LogP contribution in [0, 0.1) is 0 Å². The molecule has 17 heavy (non-hydrogen) atoms. The number of rotatable bonds is 3. The van der Waals surface area contributed by atoms with Crippen molar-refractivity contribution in [2.75, 3.05) is 12.4 Å². The third kappa shape index (κ3) is 2.42.